The molecule has 0 saturated carbocycles. The number of furan rings is 1. The lowest BCUT2D eigenvalue weighted by Gasteiger charge is -2.17. The molecule has 0 bridgehead atoms. The Hall–Kier alpha value is -1.85. The fourth-order valence-corrected chi connectivity index (χ4v) is 2.70. The predicted molar refractivity (Wildman–Crippen MR) is 85.7 cm³/mol. The van der Waals surface area contributed by atoms with Crippen molar-refractivity contribution >= 4 is 32.6 Å². The Bertz CT molecular complexity index is 772. The molecule has 1 aromatic heterocycles. The van der Waals surface area contributed by atoms with E-state index >= 15 is 0 Å². The van der Waals surface area contributed by atoms with Crippen LogP contribution in [-0.4, -0.2) is 6.54 Å². The zero-order valence-electron chi connectivity index (χ0n) is 11.1. The van der Waals surface area contributed by atoms with E-state index in [1.54, 1.807) is 18.4 Å². The van der Waals surface area contributed by atoms with Gasteiger partial charge in [-0.2, -0.15) is 0 Å². The van der Waals surface area contributed by atoms with E-state index in [0.717, 1.165) is 22.2 Å². The van der Waals surface area contributed by atoms with Crippen molar-refractivity contribution in [2.45, 2.75) is 6.04 Å². The van der Waals surface area contributed by atoms with Crippen LogP contribution in [0, 0.1) is 5.82 Å². The number of benzene rings is 2. The van der Waals surface area contributed by atoms with Gasteiger partial charge in [0.05, 0.1) is 16.8 Å². The number of halogens is 2. The second-order valence-corrected chi connectivity index (χ2v) is 5.60. The molecule has 108 valence electrons. The third-order valence-electron chi connectivity index (χ3n) is 3.38. The molecule has 3 nitrogen and oxygen atoms in total. The second-order valence-electron chi connectivity index (χ2n) is 4.75. The first kappa shape index (κ1) is 14.1. The van der Waals surface area contributed by atoms with Gasteiger partial charge in [0.15, 0.2) is 0 Å². The highest BCUT2D eigenvalue weighted by Gasteiger charge is 2.16. The number of nitrogens with one attached hydrogen (secondary N) is 1. The maximum Gasteiger partial charge on any atom is 0.137 e. The maximum atomic E-state index is 13.3. The summed E-state index contributed by atoms with van der Waals surface area (Å²) in [5.41, 5.74) is 8.50. The third-order valence-corrected chi connectivity index (χ3v) is 3.99. The molecule has 0 amide bonds. The van der Waals surface area contributed by atoms with Crippen LogP contribution in [0.25, 0.3) is 11.0 Å². The number of fused-ring (bicyclic) bond motifs is 1. The maximum absolute atomic E-state index is 13.3. The van der Waals surface area contributed by atoms with E-state index in [4.69, 9.17) is 10.2 Å². The molecule has 0 aliphatic carbocycles. The van der Waals surface area contributed by atoms with Crippen molar-refractivity contribution in [2.75, 3.05) is 11.9 Å². The van der Waals surface area contributed by atoms with Crippen molar-refractivity contribution in [1.29, 1.82) is 0 Å². The normalized spacial score (nSPS) is 12.5. The highest BCUT2D eigenvalue weighted by molar-refractivity contribution is 9.10. The van der Waals surface area contributed by atoms with Crippen LogP contribution in [0.4, 0.5) is 10.1 Å². The Morgan fingerprint density at radius 3 is 2.81 bits per heavy atom. The van der Waals surface area contributed by atoms with Crippen molar-refractivity contribution in [1.82, 2.24) is 0 Å². The smallest absolute Gasteiger partial charge is 0.137 e. The van der Waals surface area contributed by atoms with Gasteiger partial charge in [0, 0.05) is 23.2 Å². The minimum Gasteiger partial charge on any atom is -0.464 e. The van der Waals surface area contributed by atoms with Gasteiger partial charge in [0.2, 0.25) is 0 Å². The van der Waals surface area contributed by atoms with Crippen LogP contribution in [0.2, 0.25) is 0 Å². The molecule has 1 atom stereocenters. The second kappa shape index (κ2) is 5.87. The molecule has 3 aromatic rings. The van der Waals surface area contributed by atoms with E-state index in [0.29, 0.717) is 11.0 Å². The van der Waals surface area contributed by atoms with Gasteiger partial charge >= 0.3 is 0 Å². The lowest BCUT2D eigenvalue weighted by molar-refractivity contribution is 0.604. The van der Waals surface area contributed by atoms with Crippen LogP contribution < -0.4 is 11.1 Å². The Kier molecular flexibility index (Phi) is 3.94. The van der Waals surface area contributed by atoms with Gasteiger partial charge in [-0.25, -0.2) is 4.39 Å². The molecule has 3 rings (SSSR count). The first-order valence-electron chi connectivity index (χ1n) is 6.57. The standard InChI is InChI=1S/C16H14BrFN2O/c17-13-7-10(5-6-14(13)18)20-15(8-19)12-9-21-16-4-2-1-3-11(12)16/h1-7,9,15,20H,8,19H2. The lowest BCUT2D eigenvalue weighted by Crippen LogP contribution is -2.20. The van der Waals surface area contributed by atoms with Crippen molar-refractivity contribution in [3.8, 4) is 0 Å². The predicted octanol–water partition coefficient (Wildman–Crippen LogP) is 4.45. The fraction of sp³-hybridized carbons (Fsp3) is 0.125. The van der Waals surface area contributed by atoms with Crippen molar-refractivity contribution < 1.29 is 8.81 Å². The Morgan fingerprint density at radius 1 is 1.24 bits per heavy atom. The van der Waals surface area contributed by atoms with Crippen LogP contribution in [-0.2, 0) is 0 Å². The van der Waals surface area contributed by atoms with Gasteiger partial charge in [-0.15, -0.1) is 0 Å². The van der Waals surface area contributed by atoms with E-state index in [2.05, 4.69) is 21.2 Å². The van der Waals surface area contributed by atoms with E-state index in [-0.39, 0.29) is 11.9 Å². The van der Waals surface area contributed by atoms with Crippen molar-refractivity contribution in [3.05, 3.63) is 64.6 Å². The molecule has 0 aliphatic rings. The summed E-state index contributed by atoms with van der Waals surface area (Å²) in [5, 5.41) is 4.34. The first-order chi connectivity index (χ1) is 10.2. The molecule has 21 heavy (non-hydrogen) atoms. The van der Waals surface area contributed by atoms with E-state index < -0.39 is 0 Å². The van der Waals surface area contributed by atoms with Crippen LogP contribution in [0.15, 0.2) is 57.6 Å². The van der Waals surface area contributed by atoms with Crippen molar-refractivity contribution in [2.24, 2.45) is 5.73 Å². The number of anilines is 1. The average molecular weight is 349 g/mol. The number of hydrogen-bond donors (Lipinski definition) is 2. The largest absolute Gasteiger partial charge is 0.464 e. The Morgan fingerprint density at radius 2 is 2.05 bits per heavy atom. The molecule has 0 saturated heterocycles. The summed E-state index contributed by atoms with van der Waals surface area (Å²) in [7, 11) is 0. The zero-order valence-corrected chi connectivity index (χ0v) is 12.7. The van der Waals surface area contributed by atoms with Crippen LogP contribution in [0.3, 0.4) is 0 Å². The molecule has 0 aliphatic heterocycles. The number of para-hydroxylation sites is 1. The van der Waals surface area contributed by atoms with Crippen LogP contribution in [0.5, 0.6) is 0 Å². The summed E-state index contributed by atoms with van der Waals surface area (Å²) < 4.78 is 19.2. The van der Waals surface area contributed by atoms with Gasteiger partial charge < -0.3 is 15.5 Å². The monoisotopic (exact) mass is 348 g/mol. The summed E-state index contributed by atoms with van der Waals surface area (Å²) in [6.07, 6.45) is 1.72. The first-order valence-corrected chi connectivity index (χ1v) is 7.36. The van der Waals surface area contributed by atoms with E-state index in [1.807, 2.05) is 24.3 Å². The summed E-state index contributed by atoms with van der Waals surface area (Å²) in [4.78, 5) is 0. The molecule has 0 spiro atoms. The quantitative estimate of drug-likeness (QED) is 0.732. The molecule has 0 fully saturated rings. The molecule has 0 radical (unpaired) electrons. The van der Waals surface area contributed by atoms with Gasteiger partial charge in [-0.1, -0.05) is 18.2 Å². The summed E-state index contributed by atoms with van der Waals surface area (Å²) in [6, 6.07) is 12.5. The minimum absolute atomic E-state index is 0.106. The van der Waals surface area contributed by atoms with Gasteiger partial charge in [0.1, 0.15) is 11.4 Å². The Balaban J connectivity index is 1.93. The van der Waals surface area contributed by atoms with Crippen molar-refractivity contribution in [3.63, 3.8) is 0 Å². The third kappa shape index (κ3) is 2.80. The zero-order chi connectivity index (χ0) is 14.8. The fourth-order valence-electron chi connectivity index (χ4n) is 2.32. The molecule has 3 N–H and O–H groups in total. The van der Waals surface area contributed by atoms with Gasteiger partial charge in [-0.3, -0.25) is 0 Å². The van der Waals surface area contributed by atoms with Gasteiger partial charge in [0.25, 0.3) is 0 Å². The topological polar surface area (TPSA) is 51.2 Å². The molecule has 1 unspecified atom stereocenters. The number of hydrogen-bond acceptors (Lipinski definition) is 3. The van der Waals surface area contributed by atoms with E-state index in [9.17, 15) is 4.39 Å². The van der Waals surface area contributed by atoms with E-state index in [1.165, 1.54) is 6.07 Å². The number of rotatable bonds is 4. The minimum atomic E-state index is -0.293. The van der Waals surface area contributed by atoms with Gasteiger partial charge in [-0.05, 0) is 40.2 Å². The molecular formula is C16H14BrFN2O. The highest BCUT2D eigenvalue weighted by atomic mass is 79.9. The Labute approximate surface area is 130 Å². The van der Waals surface area contributed by atoms with Crippen LogP contribution in [0.1, 0.15) is 11.6 Å². The SMILES string of the molecule is NCC(Nc1ccc(F)c(Br)c1)c1coc2ccccc12. The summed E-state index contributed by atoms with van der Waals surface area (Å²) in [6.45, 7) is 0.401. The summed E-state index contributed by atoms with van der Waals surface area (Å²) in [5.74, 6) is -0.293. The average Bonchev–Trinajstić information content (AvgIpc) is 2.92. The highest BCUT2D eigenvalue weighted by Crippen LogP contribution is 2.29. The molecular weight excluding hydrogens is 335 g/mol. The molecule has 2 aromatic carbocycles. The summed E-state index contributed by atoms with van der Waals surface area (Å²) >= 11 is 3.18. The lowest BCUT2D eigenvalue weighted by atomic mass is 10.1. The molecule has 5 heteroatoms. The number of nitrogens with two attached hydrogens (primary N) is 1. The molecule has 1 heterocycles. The van der Waals surface area contributed by atoms with Crippen LogP contribution >= 0.6 is 15.9 Å².